The Balaban J connectivity index is 1.50. The number of carbonyl (C=O) groups excluding carboxylic acids is 2. The van der Waals surface area contributed by atoms with E-state index in [2.05, 4.69) is 19.4 Å². The summed E-state index contributed by atoms with van der Waals surface area (Å²) in [5, 5.41) is 4.01. The van der Waals surface area contributed by atoms with E-state index in [1.54, 1.807) is 6.26 Å². The quantitative estimate of drug-likeness (QED) is 0.651. The number of hydrogen-bond donors (Lipinski definition) is 0. The number of esters is 1. The maximum Gasteiger partial charge on any atom is 0.311 e. The zero-order valence-corrected chi connectivity index (χ0v) is 18.1. The van der Waals surface area contributed by atoms with Gasteiger partial charge in [0.2, 0.25) is 0 Å². The molecule has 2 fully saturated rings. The van der Waals surface area contributed by atoms with E-state index >= 15 is 0 Å². The van der Waals surface area contributed by atoms with Gasteiger partial charge in [0.15, 0.2) is 5.69 Å². The van der Waals surface area contributed by atoms with Crippen molar-refractivity contribution in [1.82, 2.24) is 24.3 Å². The number of nitrogens with zero attached hydrogens (tertiary/aromatic N) is 5. The van der Waals surface area contributed by atoms with Gasteiger partial charge in [-0.3, -0.25) is 19.4 Å². The highest BCUT2D eigenvalue weighted by molar-refractivity contribution is 7.05. The molecule has 0 unspecified atom stereocenters. The number of amides is 1. The van der Waals surface area contributed by atoms with Crippen LogP contribution in [0.4, 0.5) is 0 Å². The maximum atomic E-state index is 12.9. The summed E-state index contributed by atoms with van der Waals surface area (Å²) in [7, 11) is 0. The standard InChI is InChI=1S/C20H27N5O4S/c1-3-28-20(27)15-9-23(13-17-5-4-8-29-17)11-16-12-25(7-6-24(16)10-15)19(26)18-14(2)30-22-21-18/h4-5,8,15-16H,3,6-7,9-13H2,1-2H3/t15-,16+/m1/s1. The molecule has 2 aliphatic heterocycles. The summed E-state index contributed by atoms with van der Waals surface area (Å²) in [4.78, 5) is 32.8. The highest BCUT2D eigenvalue weighted by Crippen LogP contribution is 2.23. The number of piperazine rings is 1. The van der Waals surface area contributed by atoms with Crippen LogP contribution in [-0.4, -0.2) is 88.1 Å². The summed E-state index contributed by atoms with van der Waals surface area (Å²) in [6.07, 6.45) is 1.66. The minimum atomic E-state index is -0.225. The average Bonchev–Trinajstić information content (AvgIpc) is 3.35. The fourth-order valence-electron chi connectivity index (χ4n) is 4.26. The molecule has 0 N–H and O–H groups in total. The minimum Gasteiger partial charge on any atom is -0.468 e. The number of furan rings is 1. The topological polar surface area (TPSA) is 92.0 Å². The molecule has 10 heteroatoms. The van der Waals surface area contributed by atoms with E-state index in [0.717, 1.165) is 23.7 Å². The number of hydrogen-bond acceptors (Lipinski definition) is 9. The Morgan fingerprint density at radius 2 is 2.13 bits per heavy atom. The molecule has 2 saturated heterocycles. The molecular weight excluding hydrogens is 406 g/mol. The molecule has 4 heterocycles. The summed E-state index contributed by atoms with van der Waals surface area (Å²) in [5.41, 5.74) is 0.443. The first kappa shape index (κ1) is 21.0. The summed E-state index contributed by atoms with van der Waals surface area (Å²) < 4.78 is 14.8. The average molecular weight is 434 g/mol. The molecule has 0 bridgehead atoms. The van der Waals surface area contributed by atoms with Gasteiger partial charge in [-0.2, -0.15) is 0 Å². The van der Waals surface area contributed by atoms with Gasteiger partial charge in [0.1, 0.15) is 5.76 Å². The van der Waals surface area contributed by atoms with Crippen LogP contribution in [0.2, 0.25) is 0 Å². The predicted octanol–water partition coefficient (Wildman–Crippen LogP) is 1.26. The van der Waals surface area contributed by atoms with E-state index < -0.39 is 0 Å². The second-order valence-electron chi connectivity index (χ2n) is 7.80. The molecule has 2 aromatic heterocycles. The maximum absolute atomic E-state index is 12.9. The van der Waals surface area contributed by atoms with E-state index in [4.69, 9.17) is 9.15 Å². The van der Waals surface area contributed by atoms with Crippen molar-refractivity contribution in [3.8, 4) is 0 Å². The van der Waals surface area contributed by atoms with Gasteiger partial charge in [-0.1, -0.05) is 4.49 Å². The van der Waals surface area contributed by atoms with Crippen molar-refractivity contribution in [2.24, 2.45) is 5.92 Å². The molecule has 30 heavy (non-hydrogen) atoms. The molecule has 1 amide bonds. The van der Waals surface area contributed by atoms with Crippen molar-refractivity contribution >= 4 is 23.4 Å². The lowest BCUT2D eigenvalue weighted by Crippen LogP contribution is -2.57. The van der Waals surface area contributed by atoms with Crippen molar-refractivity contribution in [2.75, 3.05) is 45.9 Å². The molecule has 0 aliphatic carbocycles. The van der Waals surface area contributed by atoms with Crippen molar-refractivity contribution in [1.29, 1.82) is 0 Å². The fraction of sp³-hybridized carbons (Fsp3) is 0.600. The smallest absolute Gasteiger partial charge is 0.311 e. The Kier molecular flexibility index (Phi) is 6.45. The van der Waals surface area contributed by atoms with Crippen molar-refractivity contribution < 1.29 is 18.7 Å². The number of aryl methyl sites for hydroxylation is 1. The first-order chi connectivity index (χ1) is 14.5. The summed E-state index contributed by atoms with van der Waals surface area (Å²) in [6.45, 7) is 8.61. The van der Waals surface area contributed by atoms with Gasteiger partial charge in [-0.25, -0.2) is 0 Å². The third kappa shape index (κ3) is 4.55. The Bertz CT molecular complexity index is 870. The fourth-order valence-corrected chi connectivity index (χ4v) is 4.72. The lowest BCUT2D eigenvalue weighted by molar-refractivity contribution is -0.149. The van der Waals surface area contributed by atoms with Gasteiger partial charge in [-0.05, 0) is 37.5 Å². The van der Waals surface area contributed by atoms with Gasteiger partial charge in [-0.15, -0.1) is 5.10 Å². The third-order valence-corrected chi connectivity index (χ3v) is 6.36. The molecule has 0 aromatic carbocycles. The number of ether oxygens (including phenoxy) is 1. The lowest BCUT2D eigenvalue weighted by Gasteiger charge is -2.41. The van der Waals surface area contributed by atoms with Crippen molar-refractivity contribution in [3.05, 3.63) is 34.7 Å². The largest absolute Gasteiger partial charge is 0.468 e. The first-order valence-corrected chi connectivity index (χ1v) is 11.1. The molecule has 0 saturated carbocycles. The molecular formula is C20H27N5O4S. The van der Waals surface area contributed by atoms with E-state index in [9.17, 15) is 9.59 Å². The van der Waals surface area contributed by atoms with Crippen LogP contribution in [0.15, 0.2) is 22.8 Å². The molecule has 162 valence electrons. The van der Waals surface area contributed by atoms with Crippen LogP contribution in [0, 0.1) is 12.8 Å². The highest BCUT2D eigenvalue weighted by Gasteiger charge is 2.38. The number of rotatable bonds is 5. The number of fused-ring (bicyclic) bond motifs is 1. The predicted molar refractivity (Wildman–Crippen MR) is 110 cm³/mol. The van der Waals surface area contributed by atoms with Crippen LogP contribution in [0.1, 0.15) is 28.0 Å². The van der Waals surface area contributed by atoms with Crippen LogP contribution in [0.5, 0.6) is 0 Å². The highest BCUT2D eigenvalue weighted by atomic mass is 32.1. The van der Waals surface area contributed by atoms with Gasteiger partial charge < -0.3 is 14.1 Å². The lowest BCUT2D eigenvalue weighted by atomic mass is 10.1. The van der Waals surface area contributed by atoms with E-state index in [-0.39, 0.29) is 23.8 Å². The molecule has 2 aliphatic rings. The Morgan fingerprint density at radius 3 is 2.83 bits per heavy atom. The molecule has 0 spiro atoms. The van der Waals surface area contributed by atoms with E-state index in [1.165, 1.54) is 11.5 Å². The second kappa shape index (κ2) is 9.23. The molecule has 2 aromatic rings. The number of aromatic nitrogens is 2. The Morgan fingerprint density at radius 1 is 1.27 bits per heavy atom. The third-order valence-electron chi connectivity index (χ3n) is 5.73. The molecule has 4 rings (SSSR count). The summed E-state index contributed by atoms with van der Waals surface area (Å²) >= 11 is 1.24. The molecule has 0 radical (unpaired) electrons. The van der Waals surface area contributed by atoms with Crippen LogP contribution in [0.25, 0.3) is 0 Å². The molecule has 2 atom stereocenters. The van der Waals surface area contributed by atoms with Crippen LogP contribution >= 0.6 is 11.5 Å². The van der Waals surface area contributed by atoms with E-state index in [0.29, 0.717) is 45.0 Å². The summed E-state index contributed by atoms with van der Waals surface area (Å²) in [6, 6.07) is 3.94. The molecule has 9 nitrogen and oxygen atoms in total. The van der Waals surface area contributed by atoms with Gasteiger partial charge >= 0.3 is 5.97 Å². The monoisotopic (exact) mass is 433 g/mol. The minimum absolute atomic E-state index is 0.0651. The van der Waals surface area contributed by atoms with Gasteiger partial charge in [0.05, 0.1) is 30.2 Å². The van der Waals surface area contributed by atoms with Crippen LogP contribution in [-0.2, 0) is 16.1 Å². The number of carbonyl (C=O) groups is 2. The van der Waals surface area contributed by atoms with Crippen molar-refractivity contribution in [2.45, 2.75) is 26.4 Å². The first-order valence-electron chi connectivity index (χ1n) is 10.3. The van der Waals surface area contributed by atoms with Gasteiger partial charge in [0, 0.05) is 45.3 Å². The normalized spacial score (nSPS) is 23.1. The SMILES string of the molecule is CCOC(=O)[C@@H]1CN(Cc2ccco2)C[C@H]2CN(C(=O)c3nnsc3C)CCN2C1. The zero-order valence-electron chi connectivity index (χ0n) is 17.3. The van der Waals surface area contributed by atoms with E-state index in [1.807, 2.05) is 30.9 Å². The Labute approximate surface area is 179 Å². The van der Waals surface area contributed by atoms with Crippen LogP contribution < -0.4 is 0 Å². The van der Waals surface area contributed by atoms with Gasteiger partial charge in [0.25, 0.3) is 5.91 Å². The second-order valence-corrected chi connectivity index (χ2v) is 8.76. The summed E-state index contributed by atoms with van der Waals surface area (Å²) in [5.74, 6) is 0.408. The van der Waals surface area contributed by atoms with Crippen molar-refractivity contribution in [3.63, 3.8) is 0 Å². The zero-order chi connectivity index (χ0) is 21.1. The Hall–Kier alpha value is -2.30. The van der Waals surface area contributed by atoms with Crippen LogP contribution in [0.3, 0.4) is 0 Å².